The first-order chi connectivity index (χ1) is 9.79. The van der Waals surface area contributed by atoms with Crippen molar-refractivity contribution in [3.05, 3.63) is 48.0 Å². The second-order valence-electron chi connectivity index (χ2n) is 5.54. The highest BCUT2D eigenvalue weighted by Gasteiger charge is 2.26. The maximum absolute atomic E-state index is 6.07. The molecule has 1 heterocycles. The molecule has 0 radical (unpaired) electrons. The Morgan fingerprint density at radius 3 is 2.75 bits per heavy atom. The van der Waals surface area contributed by atoms with Crippen molar-refractivity contribution >= 4 is 22.5 Å². The van der Waals surface area contributed by atoms with E-state index in [2.05, 4.69) is 66.2 Å². The van der Waals surface area contributed by atoms with Gasteiger partial charge < -0.3 is 5.73 Å². The molecule has 3 heteroatoms. The second-order valence-corrected chi connectivity index (χ2v) is 6.69. The third-order valence-electron chi connectivity index (χ3n) is 4.35. The highest BCUT2D eigenvalue weighted by Crippen LogP contribution is 2.29. The van der Waals surface area contributed by atoms with Crippen LogP contribution in [0.1, 0.15) is 18.0 Å². The summed E-state index contributed by atoms with van der Waals surface area (Å²) in [6.45, 7) is 0.677. The van der Waals surface area contributed by atoms with Gasteiger partial charge in [-0.25, -0.2) is 0 Å². The predicted molar refractivity (Wildman–Crippen MR) is 89.2 cm³/mol. The summed E-state index contributed by atoms with van der Waals surface area (Å²) in [7, 11) is 2.23. The van der Waals surface area contributed by atoms with Gasteiger partial charge in [0.1, 0.15) is 0 Å². The Morgan fingerprint density at radius 2 is 2.05 bits per heavy atom. The lowest BCUT2D eigenvalue weighted by atomic mass is 10.00. The second kappa shape index (κ2) is 6.17. The summed E-state index contributed by atoms with van der Waals surface area (Å²) in [6.07, 6.45) is 1.28. The summed E-state index contributed by atoms with van der Waals surface area (Å²) in [5.41, 5.74) is 7.41. The van der Waals surface area contributed by atoms with Gasteiger partial charge in [0.15, 0.2) is 0 Å². The highest BCUT2D eigenvalue weighted by atomic mass is 32.2. The van der Waals surface area contributed by atoms with Gasteiger partial charge in [-0.3, -0.25) is 4.90 Å². The lowest BCUT2D eigenvalue weighted by Crippen LogP contribution is -2.38. The smallest absolute Gasteiger partial charge is 0.0470 e. The third kappa shape index (κ3) is 2.71. The molecule has 2 atom stereocenters. The first-order valence-electron chi connectivity index (χ1n) is 7.28. The molecule has 3 rings (SSSR count). The summed E-state index contributed by atoms with van der Waals surface area (Å²) in [5, 5.41) is 2.60. The number of nitrogens with zero attached hydrogens (tertiary/aromatic N) is 1. The maximum Gasteiger partial charge on any atom is 0.0470 e. The van der Waals surface area contributed by atoms with Gasteiger partial charge in [0.2, 0.25) is 0 Å². The highest BCUT2D eigenvalue weighted by molar-refractivity contribution is 7.99. The molecule has 2 unspecified atom stereocenters. The molecule has 0 spiro atoms. The van der Waals surface area contributed by atoms with Crippen LogP contribution in [0.2, 0.25) is 0 Å². The van der Waals surface area contributed by atoms with Crippen molar-refractivity contribution in [3.63, 3.8) is 0 Å². The average molecular weight is 286 g/mol. The van der Waals surface area contributed by atoms with E-state index in [9.17, 15) is 0 Å². The zero-order valence-corrected chi connectivity index (χ0v) is 12.8. The van der Waals surface area contributed by atoms with Gasteiger partial charge in [-0.15, -0.1) is 0 Å². The molecule has 2 aromatic rings. The molecule has 0 bridgehead atoms. The molecular weight excluding hydrogens is 264 g/mol. The number of nitrogens with two attached hydrogens (primary N) is 1. The van der Waals surface area contributed by atoms with E-state index in [4.69, 9.17) is 5.73 Å². The molecular formula is C17H22N2S. The molecule has 2 nitrogen and oxygen atoms in total. The number of thioether (sulfide) groups is 1. The van der Waals surface area contributed by atoms with E-state index in [1.807, 2.05) is 0 Å². The minimum Gasteiger partial charge on any atom is -0.329 e. The SMILES string of the molecule is CN(C1CCSC1)C(CN)c1ccc2ccccc2c1. The normalized spacial score (nSPS) is 20.6. The van der Waals surface area contributed by atoms with Crippen LogP contribution >= 0.6 is 11.8 Å². The minimum atomic E-state index is 0.323. The van der Waals surface area contributed by atoms with Crippen molar-refractivity contribution in [2.45, 2.75) is 18.5 Å². The average Bonchev–Trinajstić information content (AvgIpc) is 3.02. The zero-order chi connectivity index (χ0) is 13.9. The molecule has 1 saturated heterocycles. The molecule has 1 aliphatic rings. The van der Waals surface area contributed by atoms with Crippen LogP contribution in [0.15, 0.2) is 42.5 Å². The third-order valence-corrected chi connectivity index (χ3v) is 5.50. The van der Waals surface area contributed by atoms with Crippen molar-refractivity contribution in [1.29, 1.82) is 0 Å². The van der Waals surface area contributed by atoms with Gasteiger partial charge in [-0.2, -0.15) is 11.8 Å². The van der Waals surface area contributed by atoms with E-state index in [-0.39, 0.29) is 0 Å². The standard InChI is InChI=1S/C17H22N2S/c1-19(16-8-9-20-12-16)17(11-18)15-7-6-13-4-2-3-5-14(13)10-15/h2-7,10,16-17H,8-9,11-12,18H2,1H3. The van der Waals surface area contributed by atoms with Crippen LogP contribution in [-0.4, -0.2) is 36.0 Å². The molecule has 2 N–H and O–H groups in total. The molecule has 2 aromatic carbocycles. The van der Waals surface area contributed by atoms with E-state index in [1.165, 1.54) is 34.3 Å². The molecule has 20 heavy (non-hydrogen) atoms. The van der Waals surface area contributed by atoms with Gasteiger partial charge >= 0.3 is 0 Å². The van der Waals surface area contributed by atoms with Crippen molar-refractivity contribution in [2.24, 2.45) is 5.73 Å². The Balaban J connectivity index is 1.89. The van der Waals surface area contributed by atoms with Crippen molar-refractivity contribution in [1.82, 2.24) is 4.90 Å². The molecule has 0 amide bonds. The number of likely N-dealkylation sites (N-methyl/N-ethyl adjacent to an activating group) is 1. The summed E-state index contributed by atoms with van der Waals surface area (Å²) in [4.78, 5) is 2.48. The molecule has 106 valence electrons. The largest absolute Gasteiger partial charge is 0.329 e. The van der Waals surface area contributed by atoms with Gasteiger partial charge in [-0.1, -0.05) is 36.4 Å². The summed E-state index contributed by atoms with van der Waals surface area (Å²) in [5.74, 6) is 2.52. The van der Waals surface area contributed by atoms with Crippen LogP contribution < -0.4 is 5.73 Å². The predicted octanol–water partition coefficient (Wildman–Crippen LogP) is 3.28. The number of hydrogen-bond donors (Lipinski definition) is 1. The maximum atomic E-state index is 6.07. The van der Waals surface area contributed by atoms with Gasteiger partial charge in [0.05, 0.1) is 0 Å². The quantitative estimate of drug-likeness (QED) is 0.935. The van der Waals surface area contributed by atoms with Crippen LogP contribution in [0, 0.1) is 0 Å². The van der Waals surface area contributed by atoms with Gasteiger partial charge in [-0.05, 0) is 41.6 Å². The first-order valence-corrected chi connectivity index (χ1v) is 8.43. The summed E-state index contributed by atoms with van der Waals surface area (Å²) in [6, 6.07) is 16.3. The lowest BCUT2D eigenvalue weighted by molar-refractivity contribution is 0.193. The fourth-order valence-electron chi connectivity index (χ4n) is 3.05. The van der Waals surface area contributed by atoms with E-state index in [1.54, 1.807) is 0 Å². The Bertz CT molecular complexity index is 578. The fraction of sp³-hybridized carbons (Fsp3) is 0.412. The van der Waals surface area contributed by atoms with Crippen molar-refractivity contribution in [3.8, 4) is 0 Å². The number of rotatable bonds is 4. The Labute approximate surface area is 125 Å². The van der Waals surface area contributed by atoms with E-state index < -0.39 is 0 Å². The molecule has 1 fully saturated rings. The summed E-state index contributed by atoms with van der Waals surface area (Å²) < 4.78 is 0. The Morgan fingerprint density at radius 1 is 1.25 bits per heavy atom. The van der Waals surface area contributed by atoms with Crippen LogP contribution in [0.5, 0.6) is 0 Å². The number of hydrogen-bond acceptors (Lipinski definition) is 3. The fourth-order valence-corrected chi connectivity index (χ4v) is 4.33. The monoisotopic (exact) mass is 286 g/mol. The van der Waals surface area contributed by atoms with Crippen LogP contribution in [0.25, 0.3) is 10.8 Å². The minimum absolute atomic E-state index is 0.323. The van der Waals surface area contributed by atoms with Gasteiger partial charge in [0.25, 0.3) is 0 Å². The number of benzene rings is 2. The molecule has 0 saturated carbocycles. The molecule has 0 aromatic heterocycles. The lowest BCUT2D eigenvalue weighted by Gasteiger charge is -2.32. The molecule has 0 aliphatic carbocycles. The van der Waals surface area contributed by atoms with Crippen LogP contribution in [0.3, 0.4) is 0 Å². The van der Waals surface area contributed by atoms with Gasteiger partial charge in [0, 0.05) is 24.4 Å². The topological polar surface area (TPSA) is 29.3 Å². The number of fused-ring (bicyclic) bond motifs is 1. The van der Waals surface area contributed by atoms with E-state index in [0.717, 1.165) is 0 Å². The van der Waals surface area contributed by atoms with Crippen molar-refractivity contribution in [2.75, 3.05) is 25.1 Å². The zero-order valence-electron chi connectivity index (χ0n) is 12.0. The Hall–Kier alpha value is -1.03. The van der Waals surface area contributed by atoms with E-state index in [0.29, 0.717) is 18.6 Å². The van der Waals surface area contributed by atoms with Crippen LogP contribution in [0.4, 0.5) is 0 Å². The van der Waals surface area contributed by atoms with Crippen LogP contribution in [-0.2, 0) is 0 Å². The summed E-state index contributed by atoms with van der Waals surface area (Å²) >= 11 is 2.05. The Kier molecular flexibility index (Phi) is 4.29. The van der Waals surface area contributed by atoms with E-state index >= 15 is 0 Å². The molecule has 1 aliphatic heterocycles. The first kappa shape index (κ1) is 13.9. The van der Waals surface area contributed by atoms with Crippen molar-refractivity contribution < 1.29 is 0 Å².